The SMILES string of the molecule is CN1CC[N+](C)=C1c1ccc(CN2C(=O)CN(C(=O)c3ccc(Cl)cc3)Cc3ccccc32)cc1. The van der Waals surface area contributed by atoms with Crippen LogP contribution in [-0.2, 0) is 17.9 Å². The van der Waals surface area contributed by atoms with Crippen LogP contribution in [0.2, 0.25) is 5.02 Å². The number of nitrogens with zero attached hydrogens (tertiary/aromatic N) is 4. The molecule has 0 aliphatic carbocycles. The number of hydrogen-bond donors (Lipinski definition) is 0. The van der Waals surface area contributed by atoms with Crippen LogP contribution < -0.4 is 4.90 Å². The first-order chi connectivity index (χ1) is 16.9. The van der Waals surface area contributed by atoms with Gasteiger partial charge in [-0.2, -0.15) is 0 Å². The molecule has 0 aromatic heterocycles. The van der Waals surface area contributed by atoms with Gasteiger partial charge < -0.3 is 9.80 Å². The number of anilines is 1. The maximum Gasteiger partial charge on any atom is 0.279 e. The van der Waals surface area contributed by atoms with E-state index in [1.54, 1.807) is 34.1 Å². The topological polar surface area (TPSA) is 46.9 Å². The molecule has 178 valence electrons. The first-order valence-corrected chi connectivity index (χ1v) is 12.1. The Hall–Kier alpha value is -3.64. The van der Waals surface area contributed by atoms with E-state index < -0.39 is 0 Å². The summed E-state index contributed by atoms with van der Waals surface area (Å²) in [5, 5.41) is 0.570. The van der Waals surface area contributed by atoms with Crippen molar-refractivity contribution in [3.05, 3.63) is 100 Å². The van der Waals surface area contributed by atoms with Crippen molar-refractivity contribution in [1.29, 1.82) is 0 Å². The van der Waals surface area contributed by atoms with Gasteiger partial charge in [-0.3, -0.25) is 19.1 Å². The lowest BCUT2D eigenvalue weighted by Crippen LogP contribution is -2.39. The summed E-state index contributed by atoms with van der Waals surface area (Å²) in [4.78, 5) is 32.3. The van der Waals surface area contributed by atoms with E-state index in [1.165, 1.54) is 11.4 Å². The number of halogens is 1. The van der Waals surface area contributed by atoms with Gasteiger partial charge in [-0.1, -0.05) is 41.9 Å². The molecule has 0 N–H and O–H groups in total. The van der Waals surface area contributed by atoms with Gasteiger partial charge in [0.1, 0.15) is 19.6 Å². The van der Waals surface area contributed by atoms with Crippen molar-refractivity contribution in [3.8, 4) is 0 Å². The minimum Gasteiger partial charge on any atom is -0.325 e. The molecular formula is C28H28ClN4O2+. The maximum atomic E-state index is 13.4. The van der Waals surface area contributed by atoms with Crippen molar-refractivity contribution < 1.29 is 14.2 Å². The number of likely N-dealkylation sites (N-methyl/N-ethyl adjacent to an activating group) is 2. The molecule has 35 heavy (non-hydrogen) atoms. The van der Waals surface area contributed by atoms with Crippen LogP contribution in [0, 0.1) is 0 Å². The number of amidine groups is 1. The summed E-state index contributed by atoms with van der Waals surface area (Å²) < 4.78 is 2.26. The highest BCUT2D eigenvalue weighted by Crippen LogP contribution is 2.28. The second kappa shape index (κ2) is 9.55. The number of rotatable bonds is 4. The van der Waals surface area contributed by atoms with Crippen molar-refractivity contribution in [1.82, 2.24) is 9.80 Å². The van der Waals surface area contributed by atoms with Crippen molar-refractivity contribution in [2.45, 2.75) is 13.1 Å². The molecule has 0 saturated heterocycles. The Balaban J connectivity index is 1.40. The summed E-state index contributed by atoms with van der Waals surface area (Å²) in [6, 6.07) is 23.0. The smallest absolute Gasteiger partial charge is 0.279 e. The van der Waals surface area contributed by atoms with Gasteiger partial charge >= 0.3 is 0 Å². The van der Waals surface area contributed by atoms with Crippen LogP contribution in [0.25, 0.3) is 0 Å². The highest BCUT2D eigenvalue weighted by molar-refractivity contribution is 6.30. The lowest BCUT2D eigenvalue weighted by Gasteiger charge is -2.23. The first-order valence-electron chi connectivity index (χ1n) is 11.7. The second-order valence-corrected chi connectivity index (χ2v) is 9.58. The predicted molar refractivity (Wildman–Crippen MR) is 138 cm³/mol. The van der Waals surface area contributed by atoms with Crippen molar-refractivity contribution in [3.63, 3.8) is 0 Å². The average molecular weight is 488 g/mol. The zero-order valence-corrected chi connectivity index (χ0v) is 20.7. The van der Waals surface area contributed by atoms with Crippen LogP contribution in [-0.4, -0.2) is 65.8 Å². The molecule has 5 rings (SSSR count). The van der Waals surface area contributed by atoms with E-state index in [0.29, 0.717) is 23.7 Å². The quantitative estimate of drug-likeness (QED) is 0.525. The number of para-hydroxylation sites is 1. The number of hydrogen-bond acceptors (Lipinski definition) is 3. The monoisotopic (exact) mass is 487 g/mol. The summed E-state index contributed by atoms with van der Waals surface area (Å²) in [5.41, 5.74) is 4.51. The van der Waals surface area contributed by atoms with Crippen LogP contribution >= 0.6 is 11.6 Å². The first kappa shape index (κ1) is 23.1. The number of fused-ring (bicyclic) bond motifs is 1. The highest BCUT2D eigenvalue weighted by atomic mass is 35.5. The van der Waals surface area contributed by atoms with Crippen molar-refractivity contribution >= 4 is 34.9 Å². The van der Waals surface area contributed by atoms with Gasteiger partial charge in [0.25, 0.3) is 11.7 Å². The molecule has 0 unspecified atom stereocenters. The third-order valence-electron chi connectivity index (χ3n) is 6.70. The third-order valence-corrected chi connectivity index (χ3v) is 6.95. The summed E-state index contributed by atoms with van der Waals surface area (Å²) in [5.74, 6) is 0.924. The van der Waals surface area contributed by atoms with Gasteiger partial charge in [0.05, 0.1) is 26.2 Å². The largest absolute Gasteiger partial charge is 0.325 e. The zero-order valence-electron chi connectivity index (χ0n) is 19.9. The Morgan fingerprint density at radius 1 is 0.971 bits per heavy atom. The van der Waals surface area contributed by atoms with Gasteiger partial charge in [-0.25, -0.2) is 0 Å². The van der Waals surface area contributed by atoms with E-state index in [2.05, 4.69) is 47.8 Å². The average Bonchev–Trinajstić information content (AvgIpc) is 3.13. The molecule has 3 aromatic carbocycles. The standard InChI is InChI=1S/C28H28ClN4O2/c1-30-15-16-31(2)27(30)21-9-7-20(8-10-21)17-33-25-6-4-3-5-23(25)18-32(19-26(33)34)28(35)22-11-13-24(29)14-12-22/h3-14H,15-19H2,1-2H3/q+1. The Morgan fingerprint density at radius 2 is 1.69 bits per heavy atom. The van der Waals surface area contributed by atoms with E-state index >= 15 is 0 Å². The number of benzene rings is 3. The number of carbonyl (C=O) groups excluding carboxylic acids is 2. The van der Waals surface area contributed by atoms with Crippen LogP contribution in [0.4, 0.5) is 5.69 Å². The molecule has 2 aliphatic heterocycles. The normalized spacial score (nSPS) is 16.0. The molecular weight excluding hydrogens is 460 g/mol. The molecule has 2 heterocycles. The third kappa shape index (κ3) is 4.66. The lowest BCUT2D eigenvalue weighted by molar-refractivity contribution is -0.486. The zero-order chi connectivity index (χ0) is 24.5. The molecule has 0 saturated carbocycles. The lowest BCUT2D eigenvalue weighted by atomic mass is 10.1. The number of amides is 2. The van der Waals surface area contributed by atoms with E-state index in [1.807, 2.05) is 24.3 Å². The van der Waals surface area contributed by atoms with E-state index in [-0.39, 0.29) is 18.4 Å². The molecule has 6 nitrogen and oxygen atoms in total. The van der Waals surface area contributed by atoms with Crippen LogP contribution in [0.5, 0.6) is 0 Å². The molecule has 7 heteroatoms. The van der Waals surface area contributed by atoms with Crippen molar-refractivity contribution in [2.75, 3.05) is 38.6 Å². The maximum absolute atomic E-state index is 13.4. The predicted octanol–water partition coefficient (Wildman–Crippen LogP) is 3.86. The molecule has 3 aromatic rings. The Bertz CT molecular complexity index is 1300. The fourth-order valence-electron chi connectivity index (χ4n) is 4.83. The molecule has 0 fully saturated rings. The summed E-state index contributed by atoms with van der Waals surface area (Å²) in [6.45, 7) is 2.85. The second-order valence-electron chi connectivity index (χ2n) is 9.14. The van der Waals surface area contributed by atoms with Gasteiger partial charge in [-0.15, -0.1) is 0 Å². The van der Waals surface area contributed by atoms with Crippen LogP contribution in [0.1, 0.15) is 27.0 Å². The minimum absolute atomic E-state index is 0.0156. The van der Waals surface area contributed by atoms with E-state index in [9.17, 15) is 9.59 Å². The van der Waals surface area contributed by atoms with E-state index in [4.69, 9.17) is 11.6 Å². The van der Waals surface area contributed by atoms with Crippen LogP contribution in [0.15, 0.2) is 72.8 Å². The van der Waals surface area contributed by atoms with Gasteiger partial charge in [0.15, 0.2) is 0 Å². The van der Waals surface area contributed by atoms with Gasteiger partial charge in [-0.05, 0) is 53.6 Å². The van der Waals surface area contributed by atoms with Gasteiger partial charge in [0, 0.05) is 22.8 Å². The van der Waals surface area contributed by atoms with Crippen molar-refractivity contribution in [2.24, 2.45) is 0 Å². The molecule has 2 aliphatic rings. The Morgan fingerprint density at radius 3 is 2.37 bits per heavy atom. The number of carbonyl (C=O) groups is 2. The molecule has 0 atom stereocenters. The molecule has 2 amide bonds. The molecule has 0 radical (unpaired) electrons. The summed E-state index contributed by atoms with van der Waals surface area (Å²) in [6.07, 6.45) is 0. The Kier molecular flexibility index (Phi) is 6.31. The van der Waals surface area contributed by atoms with Gasteiger partial charge in [0.2, 0.25) is 5.91 Å². The minimum atomic E-state index is -0.183. The van der Waals surface area contributed by atoms with E-state index in [0.717, 1.165) is 29.9 Å². The van der Waals surface area contributed by atoms with Crippen LogP contribution in [0.3, 0.4) is 0 Å². The molecule has 0 spiro atoms. The highest BCUT2D eigenvalue weighted by Gasteiger charge is 2.30. The summed E-state index contributed by atoms with van der Waals surface area (Å²) in [7, 11) is 4.22. The fourth-order valence-corrected chi connectivity index (χ4v) is 4.96. The summed E-state index contributed by atoms with van der Waals surface area (Å²) >= 11 is 5.98. The molecule has 0 bridgehead atoms. The fraction of sp³-hybridized carbons (Fsp3) is 0.250. The Labute approximate surface area is 210 Å².